The molecule has 0 saturated heterocycles. The van der Waals surface area contributed by atoms with Crippen LogP contribution in [0.2, 0.25) is 5.02 Å². The van der Waals surface area contributed by atoms with Gasteiger partial charge in [-0.2, -0.15) is 5.10 Å². The van der Waals surface area contributed by atoms with Gasteiger partial charge in [0.15, 0.2) is 5.75 Å². The molecule has 1 amide bonds. The predicted molar refractivity (Wildman–Crippen MR) is 85.1 cm³/mol. The molecule has 0 fully saturated rings. The highest BCUT2D eigenvalue weighted by atomic mass is 35.5. The molecular formula is C15H19ClN4O2. The Labute approximate surface area is 134 Å². The van der Waals surface area contributed by atoms with E-state index in [9.17, 15) is 4.79 Å². The summed E-state index contributed by atoms with van der Waals surface area (Å²) < 4.78 is 7.31. The van der Waals surface area contributed by atoms with Crippen LogP contribution < -0.4 is 10.1 Å². The topological polar surface area (TPSA) is 69.0 Å². The van der Waals surface area contributed by atoms with Gasteiger partial charge in [0, 0.05) is 13.0 Å². The average molecular weight is 323 g/mol. The fourth-order valence-electron chi connectivity index (χ4n) is 1.92. The van der Waals surface area contributed by atoms with Crippen molar-refractivity contribution in [3.8, 4) is 5.75 Å². The van der Waals surface area contributed by atoms with E-state index < -0.39 is 0 Å². The minimum Gasteiger partial charge on any atom is -0.490 e. The van der Waals surface area contributed by atoms with Crippen molar-refractivity contribution in [2.75, 3.05) is 11.9 Å². The normalized spacial score (nSPS) is 10.5. The van der Waals surface area contributed by atoms with Crippen molar-refractivity contribution in [1.82, 2.24) is 14.8 Å². The summed E-state index contributed by atoms with van der Waals surface area (Å²) >= 11 is 6.13. The van der Waals surface area contributed by atoms with Gasteiger partial charge in [0.05, 0.1) is 17.3 Å². The van der Waals surface area contributed by atoms with Crippen LogP contribution in [0, 0.1) is 0 Å². The van der Waals surface area contributed by atoms with Crippen LogP contribution in [0.3, 0.4) is 0 Å². The fourth-order valence-corrected chi connectivity index (χ4v) is 2.15. The number of aromatic nitrogens is 3. The van der Waals surface area contributed by atoms with Crippen molar-refractivity contribution in [1.29, 1.82) is 0 Å². The Morgan fingerprint density at radius 1 is 1.45 bits per heavy atom. The number of hydrogen-bond acceptors (Lipinski definition) is 4. The first kappa shape index (κ1) is 16.3. The van der Waals surface area contributed by atoms with E-state index in [-0.39, 0.29) is 5.91 Å². The van der Waals surface area contributed by atoms with E-state index in [0.29, 0.717) is 42.5 Å². The van der Waals surface area contributed by atoms with Gasteiger partial charge < -0.3 is 10.1 Å². The predicted octanol–water partition coefficient (Wildman–Crippen LogP) is 3.14. The quantitative estimate of drug-likeness (QED) is 0.810. The number of nitrogens with one attached hydrogen (secondary N) is 1. The summed E-state index contributed by atoms with van der Waals surface area (Å²) in [7, 11) is 0. The Bertz CT molecular complexity index is 602. The molecule has 0 aliphatic heterocycles. The number of carbonyl (C=O) groups is 1. The third-order valence-corrected chi connectivity index (χ3v) is 3.25. The van der Waals surface area contributed by atoms with E-state index >= 15 is 0 Å². The number of amides is 1. The van der Waals surface area contributed by atoms with Gasteiger partial charge in [-0.1, -0.05) is 24.6 Å². The zero-order chi connectivity index (χ0) is 15.8. The van der Waals surface area contributed by atoms with E-state index in [2.05, 4.69) is 15.4 Å². The fraction of sp³-hybridized carbons (Fsp3) is 0.400. The molecule has 0 spiro atoms. The number of benzene rings is 1. The Morgan fingerprint density at radius 2 is 2.32 bits per heavy atom. The summed E-state index contributed by atoms with van der Waals surface area (Å²) in [6, 6.07) is 5.31. The van der Waals surface area contributed by atoms with E-state index in [0.717, 1.165) is 6.42 Å². The lowest BCUT2D eigenvalue weighted by Gasteiger charge is -2.13. The highest BCUT2D eigenvalue weighted by molar-refractivity contribution is 6.32. The minimum atomic E-state index is -0.0799. The number of nitrogens with zero attached hydrogens (tertiary/aromatic N) is 3. The molecule has 1 heterocycles. The van der Waals surface area contributed by atoms with Gasteiger partial charge in [-0.3, -0.25) is 9.48 Å². The molecule has 1 aromatic carbocycles. The summed E-state index contributed by atoms with van der Waals surface area (Å²) in [5.74, 6) is 0.444. The molecular weight excluding hydrogens is 304 g/mol. The number of hydrogen-bond donors (Lipinski definition) is 1. The van der Waals surface area contributed by atoms with Crippen molar-refractivity contribution >= 4 is 23.2 Å². The maximum absolute atomic E-state index is 12.0. The number of para-hydroxylation sites is 1. The molecule has 1 aromatic heterocycles. The monoisotopic (exact) mass is 322 g/mol. The summed E-state index contributed by atoms with van der Waals surface area (Å²) in [5, 5.41) is 7.33. The summed E-state index contributed by atoms with van der Waals surface area (Å²) in [6.45, 7) is 3.22. The summed E-state index contributed by atoms with van der Waals surface area (Å²) in [4.78, 5) is 15.9. The number of ether oxygens (including phenoxy) is 1. The van der Waals surface area contributed by atoms with Gasteiger partial charge in [-0.05, 0) is 25.0 Å². The third kappa shape index (κ3) is 4.73. The number of rotatable bonds is 8. The lowest BCUT2D eigenvalue weighted by atomic mass is 10.2. The molecule has 0 radical (unpaired) electrons. The van der Waals surface area contributed by atoms with Crippen LogP contribution in [0.25, 0.3) is 0 Å². The maximum atomic E-state index is 12.0. The van der Waals surface area contributed by atoms with Crippen molar-refractivity contribution in [3.05, 3.63) is 35.9 Å². The first-order valence-corrected chi connectivity index (χ1v) is 7.62. The first-order valence-electron chi connectivity index (χ1n) is 7.24. The van der Waals surface area contributed by atoms with E-state index in [1.54, 1.807) is 29.2 Å². The zero-order valence-corrected chi connectivity index (χ0v) is 13.2. The lowest BCUT2D eigenvalue weighted by Crippen LogP contribution is -2.14. The maximum Gasteiger partial charge on any atom is 0.224 e. The first-order chi connectivity index (χ1) is 10.7. The third-order valence-electron chi connectivity index (χ3n) is 2.95. The Morgan fingerprint density at radius 3 is 3.05 bits per heavy atom. The second-order valence-electron chi connectivity index (χ2n) is 4.78. The highest BCUT2D eigenvalue weighted by Crippen LogP contribution is 2.33. The Hall–Kier alpha value is -2.08. The SMILES string of the molecule is CCCOc1c(Cl)cccc1NC(=O)CCCn1cncn1. The Balaban J connectivity index is 1.89. The standard InChI is InChI=1S/C15H19ClN4O2/c1-2-9-22-15-12(16)5-3-6-13(15)19-14(21)7-4-8-20-11-17-10-18-20/h3,5-6,10-11H,2,4,7-9H2,1H3,(H,19,21). The van der Waals surface area contributed by atoms with Crippen molar-refractivity contribution in [2.24, 2.45) is 0 Å². The molecule has 1 N–H and O–H groups in total. The smallest absolute Gasteiger partial charge is 0.224 e. The van der Waals surface area contributed by atoms with E-state index in [1.165, 1.54) is 6.33 Å². The van der Waals surface area contributed by atoms with Gasteiger partial charge >= 0.3 is 0 Å². The van der Waals surface area contributed by atoms with Crippen LogP contribution in [-0.2, 0) is 11.3 Å². The van der Waals surface area contributed by atoms with Crippen molar-refractivity contribution in [3.63, 3.8) is 0 Å². The average Bonchev–Trinajstić information content (AvgIpc) is 3.00. The highest BCUT2D eigenvalue weighted by Gasteiger charge is 2.11. The van der Waals surface area contributed by atoms with E-state index in [1.807, 2.05) is 6.92 Å². The van der Waals surface area contributed by atoms with E-state index in [4.69, 9.17) is 16.3 Å². The molecule has 118 valence electrons. The van der Waals surface area contributed by atoms with Crippen LogP contribution in [0.5, 0.6) is 5.75 Å². The number of aryl methyl sites for hydroxylation is 1. The molecule has 2 rings (SSSR count). The molecule has 7 heteroatoms. The van der Waals surface area contributed by atoms with Crippen LogP contribution in [0.1, 0.15) is 26.2 Å². The molecule has 6 nitrogen and oxygen atoms in total. The van der Waals surface area contributed by atoms with Crippen LogP contribution >= 0.6 is 11.6 Å². The molecule has 0 aliphatic rings. The van der Waals surface area contributed by atoms with Crippen LogP contribution in [0.4, 0.5) is 5.69 Å². The molecule has 22 heavy (non-hydrogen) atoms. The number of carbonyl (C=O) groups excluding carboxylic acids is 1. The number of anilines is 1. The number of halogens is 1. The molecule has 0 saturated carbocycles. The second kappa shape index (κ2) is 8.38. The summed E-state index contributed by atoms with van der Waals surface area (Å²) in [5.41, 5.74) is 0.603. The largest absolute Gasteiger partial charge is 0.490 e. The zero-order valence-electron chi connectivity index (χ0n) is 12.5. The molecule has 0 atom stereocenters. The van der Waals surface area contributed by atoms with Crippen molar-refractivity contribution in [2.45, 2.75) is 32.7 Å². The lowest BCUT2D eigenvalue weighted by molar-refractivity contribution is -0.116. The van der Waals surface area contributed by atoms with Crippen LogP contribution in [0.15, 0.2) is 30.9 Å². The van der Waals surface area contributed by atoms with Gasteiger partial charge in [0.1, 0.15) is 12.7 Å². The Kier molecular flexibility index (Phi) is 6.21. The van der Waals surface area contributed by atoms with Gasteiger partial charge in [-0.25, -0.2) is 4.98 Å². The molecule has 0 unspecified atom stereocenters. The second-order valence-corrected chi connectivity index (χ2v) is 5.18. The summed E-state index contributed by atoms with van der Waals surface area (Å²) in [6.07, 6.45) is 5.05. The van der Waals surface area contributed by atoms with Gasteiger partial charge in [0.2, 0.25) is 5.91 Å². The molecule has 0 bridgehead atoms. The minimum absolute atomic E-state index is 0.0799. The van der Waals surface area contributed by atoms with Gasteiger partial charge in [-0.15, -0.1) is 0 Å². The molecule has 0 aliphatic carbocycles. The molecule has 2 aromatic rings. The van der Waals surface area contributed by atoms with Crippen LogP contribution in [-0.4, -0.2) is 27.3 Å². The van der Waals surface area contributed by atoms with Crippen molar-refractivity contribution < 1.29 is 9.53 Å². The van der Waals surface area contributed by atoms with Gasteiger partial charge in [0.25, 0.3) is 0 Å².